The van der Waals surface area contributed by atoms with Crippen molar-refractivity contribution in [2.75, 3.05) is 35.4 Å². The number of ether oxygens (including phenoxy) is 3. The predicted molar refractivity (Wildman–Crippen MR) is 98.2 cm³/mol. The molecular weight excluding hydrogens is 318 g/mol. The average Bonchev–Trinajstić information content (AvgIpc) is 2.65. The van der Waals surface area contributed by atoms with Crippen LogP contribution in [0.2, 0.25) is 0 Å². The van der Waals surface area contributed by atoms with Gasteiger partial charge in [0.2, 0.25) is 0 Å². The lowest BCUT2D eigenvalue weighted by molar-refractivity contribution is -0.0359. The topological polar surface area (TPSA) is 48.0 Å². The fourth-order valence-corrected chi connectivity index (χ4v) is 2.73. The van der Waals surface area contributed by atoms with Crippen molar-refractivity contribution in [1.29, 1.82) is 0 Å². The number of rotatable bonds is 7. The van der Waals surface area contributed by atoms with Crippen LogP contribution in [0.3, 0.4) is 0 Å². The Bertz CT molecular complexity index is 690. The van der Waals surface area contributed by atoms with Gasteiger partial charge < -0.3 is 14.2 Å². The lowest BCUT2D eigenvalue weighted by Crippen LogP contribution is -2.43. The molecule has 0 saturated heterocycles. The second kappa shape index (κ2) is 8.14. The molecule has 0 unspecified atom stereocenters. The van der Waals surface area contributed by atoms with Crippen molar-refractivity contribution >= 4 is 5.78 Å². The second-order valence-corrected chi connectivity index (χ2v) is 5.91. The number of carbonyl (C=O) groups excluding carboxylic acids is 1. The van der Waals surface area contributed by atoms with E-state index < -0.39 is 5.72 Å². The molecule has 134 valence electrons. The number of benzene rings is 1. The van der Waals surface area contributed by atoms with Gasteiger partial charge in [-0.15, -0.1) is 0 Å². The molecule has 1 aromatic carbocycles. The molecule has 2 rings (SSSR count). The molecule has 0 spiro atoms. The summed E-state index contributed by atoms with van der Waals surface area (Å²) in [6, 6.07) is 5.26. The molecule has 0 N–H and O–H groups in total. The second-order valence-electron chi connectivity index (χ2n) is 5.91. The molecule has 0 aliphatic heterocycles. The van der Waals surface area contributed by atoms with E-state index >= 15 is 0 Å². The zero-order valence-corrected chi connectivity index (χ0v) is 15.4. The number of ketones is 1. The van der Waals surface area contributed by atoms with Gasteiger partial charge in [-0.3, -0.25) is 9.69 Å². The lowest BCUT2D eigenvalue weighted by atomic mass is 9.96. The zero-order chi connectivity index (χ0) is 18.4. The molecule has 0 bridgehead atoms. The van der Waals surface area contributed by atoms with Crippen molar-refractivity contribution in [3.8, 4) is 11.5 Å². The molecule has 0 saturated carbocycles. The van der Waals surface area contributed by atoms with E-state index in [0.717, 1.165) is 0 Å². The molecule has 1 aliphatic carbocycles. The van der Waals surface area contributed by atoms with Crippen LogP contribution in [0.15, 0.2) is 54.7 Å². The SMILES string of the molecule is COc1cccc(C(=O)/C=C/C2C=CC(OC)(N(C)C)C=C2)c1OC. The first-order valence-electron chi connectivity index (χ1n) is 8.02. The molecule has 0 atom stereocenters. The fourth-order valence-electron chi connectivity index (χ4n) is 2.73. The number of para-hydroxylation sites is 1. The van der Waals surface area contributed by atoms with E-state index in [4.69, 9.17) is 14.2 Å². The van der Waals surface area contributed by atoms with Crippen LogP contribution in [0.25, 0.3) is 0 Å². The first-order valence-corrected chi connectivity index (χ1v) is 8.02. The van der Waals surface area contributed by atoms with Crippen LogP contribution in [0.5, 0.6) is 11.5 Å². The molecule has 0 aromatic heterocycles. The molecule has 0 fully saturated rings. The number of hydrogen-bond acceptors (Lipinski definition) is 5. The van der Waals surface area contributed by atoms with Gasteiger partial charge in [-0.2, -0.15) is 0 Å². The number of hydrogen-bond donors (Lipinski definition) is 0. The summed E-state index contributed by atoms with van der Waals surface area (Å²) < 4.78 is 16.1. The highest BCUT2D eigenvalue weighted by atomic mass is 16.5. The summed E-state index contributed by atoms with van der Waals surface area (Å²) in [4.78, 5) is 14.5. The first-order chi connectivity index (χ1) is 12.0. The monoisotopic (exact) mass is 343 g/mol. The Morgan fingerprint density at radius 3 is 2.32 bits per heavy atom. The summed E-state index contributed by atoms with van der Waals surface area (Å²) in [6.45, 7) is 0. The van der Waals surface area contributed by atoms with E-state index in [-0.39, 0.29) is 11.7 Å². The van der Waals surface area contributed by atoms with Crippen LogP contribution in [0.1, 0.15) is 10.4 Å². The largest absolute Gasteiger partial charge is 0.493 e. The van der Waals surface area contributed by atoms with E-state index in [9.17, 15) is 4.79 Å². The highest BCUT2D eigenvalue weighted by Gasteiger charge is 2.28. The molecule has 25 heavy (non-hydrogen) atoms. The van der Waals surface area contributed by atoms with Gasteiger partial charge in [0.15, 0.2) is 23.0 Å². The summed E-state index contributed by atoms with van der Waals surface area (Å²) in [5.41, 5.74) is -0.0638. The van der Waals surface area contributed by atoms with Crippen LogP contribution in [0.4, 0.5) is 0 Å². The van der Waals surface area contributed by atoms with E-state index in [0.29, 0.717) is 17.1 Å². The predicted octanol–water partition coefficient (Wildman–Crippen LogP) is 3.09. The van der Waals surface area contributed by atoms with Gasteiger partial charge in [0, 0.05) is 13.0 Å². The highest BCUT2D eigenvalue weighted by molar-refractivity contribution is 6.07. The van der Waals surface area contributed by atoms with Crippen molar-refractivity contribution < 1.29 is 19.0 Å². The van der Waals surface area contributed by atoms with Gasteiger partial charge in [0.05, 0.1) is 19.8 Å². The maximum Gasteiger partial charge on any atom is 0.189 e. The number of likely N-dealkylation sites (N-methyl/N-ethyl adjacent to an activating group) is 1. The van der Waals surface area contributed by atoms with Crippen LogP contribution in [-0.2, 0) is 4.74 Å². The summed E-state index contributed by atoms with van der Waals surface area (Å²) in [6.07, 6.45) is 11.4. The Morgan fingerprint density at radius 1 is 1.12 bits per heavy atom. The minimum absolute atomic E-state index is 0.0313. The first kappa shape index (κ1) is 19.0. The lowest BCUT2D eigenvalue weighted by Gasteiger charge is -2.35. The third-order valence-corrected chi connectivity index (χ3v) is 4.28. The van der Waals surface area contributed by atoms with Crippen molar-refractivity contribution in [3.63, 3.8) is 0 Å². The van der Waals surface area contributed by atoms with Gasteiger partial charge >= 0.3 is 0 Å². The van der Waals surface area contributed by atoms with Gasteiger partial charge in [-0.1, -0.05) is 24.3 Å². The van der Waals surface area contributed by atoms with Crippen LogP contribution in [-0.4, -0.2) is 51.8 Å². The van der Waals surface area contributed by atoms with Gasteiger partial charge in [0.1, 0.15) is 0 Å². The van der Waals surface area contributed by atoms with Crippen LogP contribution >= 0.6 is 0 Å². The number of nitrogens with zero attached hydrogens (tertiary/aromatic N) is 1. The van der Waals surface area contributed by atoms with Gasteiger partial charge in [-0.25, -0.2) is 0 Å². The number of methoxy groups -OCH3 is 3. The minimum atomic E-state index is -0.537. The van der Waals surface area contributed by atoms with Crippen molar-refractivity contribution in [1.82, 2.24) is 4.90 Å². The minimum Gasteiger partial charge on any atom is -0.493 e. The molecule has 0 amide bonds. The quantitative estimate of drug-likeness (QED) is 0.329. The standard InChI is InChI=1S/C20H25NO4/c1-21(2)20(25-5)13-11-15(12-14-20)9-10-17(22)16-7-6-8-18(23-3)19(16)24-4/h6-15H,1-5H3/b10-9+. The van der Waals surface area contributed by atoms with E-state index in [2.05, 4.69) is 0 Å². The Kier molecular flexibility index (Phi) is 6.17. The third kappa shape index (κ3) is 4.00. The summed E-state index contributed by atoms with van der Waals surface area (Å²) >= 11 is 0. The Balaban J connectivity index is 2.15. The van der Waals surface area contributed by atoms with E-state index in [1.807, 2.05) is 49.4 Å². The zero-order valence-electron chi connectivity index (χ0n) is 15.4. The fraction of sp³-hybridized carbons (Fsp3) is 0.350. The van der Waals surface area contributed by atoms with Crippen LogP contribution in [0, 0.1) is 5.92 Å². The average molecular weight is 343 g/mol. The number of allylic oxidation sites excluding steroid dienone is 4. The van der Waals surface area contributed by atoms with Crippen LogP contribution < -0.4 is 9.47 Å². The van der Waals surface area contributed by atoms with Crippen molar-refractivity contribution in [3.05, 3.63) is 60.2 Å². The molecule has 1 aliphatic rings. The smallest absolute Gasteiger partial charge is 0.189 e. The molecule has 0 radical (unpaired) electrons. The Labute approximate surface area is 149 Å². The molecule has 5 heteroatoms. The molecule has 5 nitrogen and oxygen atoms in total. The van der Waals surface area contributed by atoms with E-state index in [1.54, 1.807) is 38.5 Å². The molecular formula is C20H25NO4. The van der Waals surface area contributed by atoms with Gasteiger partial charge in [0.25, 0.3) is 0 Å². The maximum absolute atomic E-state index is 12.5. The summed E-state index contributed by atoms with van der Waals surface area (Å²) in [7, 11) is 8.65. The van der Waals surface area contributed by atoms with E-state index in [1.165, 1.54) is 7.11 Å². The third-order valence-electron chi connectivity index (χ3n) is 4.28. The Morgan fingerprint density at radius 2 is 1.80 bits per heavy atom. The van der Waals surface area contributed by atoms with Crippen molar-refractivity contribution in [2.45, 2.75) is 5.72 Å². The van der Waals surface area contributed by atoms with Crippen molar-refractivity contribution in [2.24, 2.45) is 5.92 Å². The Hall–Kier alpha value is -2.37. The maximum atomic E-state index is 12.5. The summed E-state index contributed by atoms with van der Waals surface area (Å²) in [5, 5.41) is 0. The van der Waals surface area contributed by atoms with Gasteiger partial charge in [-0.05, 0) is 44.5 Å². The molecule has 0 heterocycles. The normalized spacial score (nSPS) is 22.6. The summed E-state index contributed by atoms with van der Waals surface area (Å²) in [5.74, 6) is 0.882. The highest BCUT2D eigenvalue weighted by Crippen LogP contribution is 2.31. The molecule has 1 aromatic rings. The number of carbonyl (C=O) groups is 1.